The molecule has 4 rings (SSSR count). The standard InChI is InChI=1S/C22H20F2N2O6S/c1-33(31,32)13-9-18(21(29)30)26(11-13)19(27)10-25-20(28)12-6-7-15-14-4-2-3-5-16(14)22(23,24)17(15)8-12/h2-8,13,18H,9-11H2,1H3,(H,25,28)(H,29,30)/t13-,18+/m1/s1. The summed E-state index contributed by atoms with van der Waals surface area (Å²) < 4.78 is 53.3. The molecule has 2 N–H and O–H groups in total. The highest BCUT2D eigenvalue weighted by Gasteiger charge is 2.45. The number of nitrogens with zero attached hydrogens (tertiary/aromatic N) is 1. The molecule has 2 aliphatic rings. The normalized spacial score (nSPS) is 20.8. The van der Waals surface area contributed by atoms with Crippen LogP contribution in [-0.2, 0) is 25.3 Å². The van der Waals surface area contributed by atoms with Crippen LogP contribution in [-0.4, -0.2) is 66.8 Å². The molecule has 2 atom stereocenters. The molecule has 1 heterocycles. The summed E-state index contributed by atoms with van der Waals surface area (Å²) in [7, 11) is -3.56. The Bertz CT molecular complexity index is 1280. The molecule has 1 aliphatic carbocycles. The maximum atomic E-state index is 14.8. The number of halogens is 2. The van der Waals surface area contributed by atoms with E-state index in [9.17, 15) is 36.7 Å². The van der Waals surface area contributed by atoms with Crippen molar-refractivity contribution in [2.75, 3.05) is 19.3 Å². The highest BCUT2D eigenvalue weighted by molar-refractivity contribution is 7.91. The molecule has 0 unspecified atom stereocenters. The van der Waals surface area contributed by atoms with Crippen LogP contribution in [0, 0.1) is 0 Å². The van der Waals surface area contributed by atoms with Gasteiger partial charge in [0, 0.05) is 29.5 Å². The highest BCUT2D eigenvalue weighted by Crippen LogP contribution is 2.50. The highest BCUT2D eigenvalue weighted by atomic mass is 32.2. The van der Waals surface area contributed by atoms with Gasteiger partial charge in [-0.25, -0.2) is 13.2 Å². The summed E-state index contributed by atoms with van der Waals surface area (Å²) in [5, 5.41) is 10.6. The van der Waals surface area contributed by atoms with Crippen LogP contribution in [0.3, 0.4) is 0 Å². The zero-order chi connectivity index (χ0) is 24.1. The molecular weight excluding hydrogens is 458 g/mol. The van der Waals surface area contributed by atoms with Gasteiger partial charge >= 0.3 is 5.97 Å². The van der Waals surface area contributed by atoms with Crippen LogP contribution in [0.2, 0.25) is 0 Å². The zero-order valence-electron chi connectivity index (χ0n) is 17.4. The lowest BCUT2D eigenvalue weighted by molar-refractivity contribution is -0.147. The lowest BCUT2D eigenvalue weighted by Crippen LogP contribution is -2.45. The fourth-order valence-corrected chi connectivity index (χ4v) is 5.26. The average Bonchev–Trinajstić information content (AvgIpc) is 3.31. The SMILES string of the molecule is CS(=O)(=O)[C@@H]1C[C@@H](C(=O)O)N(C(=O)CNC(=O)c2ccc3c(c2)C(F)(F)c2ccccc2-3)C1. The number of nitrogens with one attached hydrogen (secondary N) is 1. The first-order chi connectivity index (χ1) is 15.4. The second kappa shape index (κ2) is 7.91. The Morgan fingerprint density at radius 1 is 1.12 bits per heavy atom. The molecular formula is C22H20F2N2O6S. The van der Waals surface area contributed by atoms with Crippen molar-refractivity contribution in [3.05, 3.63) is 59.2 Å². The van der Waals surface area contributed by atoms with E-state index < -0.39 is 51.4 Å². The number of fused-ring (bicyclic) bond motifs is 3. The second-order valence-electron chi connectivity index (χ2n) is 8.15. The van der Waals surface area contributed by atoms with Gasteiger partial charge in [-0.15, -0.1) is 0 Å². The third-order valence-corrected chi connectivity index (χ3v) is 7.60. The number of carbonyl (C=O) groups is 3. The Morgan fingerprint density at radius 3 is 2.45 bits per heavy atom. The van der Waals surface area contributed by atoms with E-state index in [4.69, 9.17) is 0 Å². The van der Waals surface area contributed by atoms with E-state index >= 15 is 0 Å². The number of hydrogen-bond acceptors (Lipinski definition) is 5. The van der Waals surface area contributed by atoms with E-state index in [-0.39, 0.29) is 29.7 Å². The molecule has 0 saturated carbocycles. The Hall–Kier alpha value is -3.34. The molecule has 11 heteroatoms. The van der Waals surface area contributed by atoms with Gasteiger partial charge in [0.1, 0.15) is 6.04 Å². The first kappa shape index (κ1) is 22.8. The number of hydrogen-bond donors (Lipinski definition) is 2. The molecule has 1 aliphatic heterocycles. The van der Waals surface area contributed by atoms with Crippen LogP contribution in [0.5, 0.6) is 0 Å². The number of sulfone groups is 1. The van der Waals surface area contributed by atoms with Crippen molar-refractivity contribution in [2.45, 2.75) is 23.6 Å². The van der Waals surface area contributed by atoms with Crippen LogP contribution < -0.4 is 5.32 Å². The van der Waals surface area contributed by atoms with Crippen LogP contribution in [0.4, 0.5) is 8.78 Å². The number of aliphatic carboxylic acids is 1. The predicted molar refractivity (Wildman–Crippen MR) is 114 cm³/mol. The number of amides is 2. The monoisotopic (exact) mass is 478 g/mol. The van der Waals surface area contributed by atoms with Gasteiger partial charge in [0.05, 0.1) is 11.8 Å². The average molecular weight is 478 g/mol. The number of carbonyl (C=O) groups excluding carboxylic acids is 2. The van der Waals surface area contributed by atoms with Crippen molar-refractivity contribution in [1.29, 1.82) is 0 Å². The number of carboxylic acids is 1. The molecule has 0 bridgehead atoms. The van der Waals surface area contributed by atoms with Crippen LogP contribution in [0.1, 0.15) is 27.9 Å². The molecule has 0 spiro atoms. The maximum Gasteiger partial charge on any atom is 0.326 e. The minimum Gasteiger partial charge on any atom is -0.480 e. The fourth-order valence-electron chi connectivity index (χ4n) is 4.29. The van der Waals surface area contributed by atoms with Crippen molar-refractivity contribution >= 4 is 27.6 Å². The van der Waals surface area contributed by atoms with Crippen molar-refractivity contribution in [2.24, 2.45) is 0 Å². The van der Waals surface area contributed by atoms with Crippen molar-refractivity contribution in [3.8, 4) is 11.1 Å². The third kappa shape index (κ3) is 3.97. The Labute approximate surface area is 188 Å². The molecule has 0 radical (unpaired) electrons. The van der Waals surface area contributed by atoms with E-state index in [1.54, 1.807) is 12.1 Å². The predicted octanol–water partition coefficient (Wildman–Crippen LogP) is 1.64. The summed E-state index contributed by atoms with van der Waals surface area (Å²) in [6, 6.07) is 8.59. The van der Waals surface area contributed by atoms with E-state index in [1.807, 2.05) is 0 Å². The molecule has 8 nitrogen and oxygen atoms in total. The summed E-state index contributed by atoms with van der Waals surface area (Å²) >= 11 is 0. The van der Waals surface area contributed by atoms with Crippen LogP contribution in [0.25, 0.3) is 11.1 Å². The Kier molecular flexibility index (Phi) is 5.47. The fraction of sp³-hybridized carbons (Fsp3) is 0.318. The number of likely N-dealkylation sites (tertiary alicyclic amines) is 1. The van der Waals surface area contributed by atoms with E-state index in [0.717, 1.165) is 17.2 Å². The largest absolute Gasteiger partial charge is 0.480 e. The van der Waals surface area contributed by atoms with Gasteiger partial charge in [0.2, 0.25) is 5.91 Å². The van der Waals surface area contributed by atoms with Crippen molar-refractivity contribution in [1.82, 2.24) is 10.2 Å². The van der Waals surface area contributed by atoms with Gasteiger partial charge < -0.3 is 15.3 Å². The molecule has 1 fully saturated rings. The molecule has 33 heavy (non-hydrogen) atoms. The minimum atomic E-state index is -3.56. The maximum absolute atomic E-state index is 14.8. The third-order valence-electron chi connectivity index (χ3n) is 6.05. The zero-order valence-corrected chi connectivity index (χ0v) is 18.2. The lowest BCUT2D eigenvalue weighted by atomic mass is 10.0. The topological polar surface area (TPSA) is 121 Å². The van der Waals surface area contributed by atoms with Gasteiger partial charge in [-0.3, -0.25) is 9.59 Å². The number of benzene rings is 2. The molecule has 0 aromatic heterocycles. The molecule has 174 valence electrons. The molecule has 2 aromatic rings. The second-order valence-corrected chi connectivity index (χ2v) is 10.5. The summed E-state index contributed by atoms with van der Waals surface area (Å²) in [5.74, 6) is -6.19. The smallest absolute Gasteiger partial charge is 0.326 e. The molecule has 2 amide bonds. The summed E-state index contributed by atoms with van der Waals surface area (Å²) in [6.07, 6.45) is 0.725. The van der Waals surface area contributed by atoms with Gasteiger partial charge in [-0.2, -0.15) is 8.78 Å². The Balaban J connectivity index is 1.48. The van der Waals surface area contributed by atoms with Crippen LogP contribution in [0.15, 0.2) is 42.5 Å². The molecule has 1 saturated heterocycles. The molecule has 2 aromatic carbocycles. The number of rotatable bonds is 5. The van der Waals surface area contributed by atoms with E-state index in [1.165, 1.54) is 24.3 Å². The summed E-state index contributed by atoms with van der Waals surface area (Å²) in [4.78, 5) is 37.5. The van der Waals surface area contributed by atoms with E-state index in [2.05, 4.69) is 5.32 Å². The van der Waals surface area contributed by atoms with Gasteiger partial charge in [-0.05, 0) is 29.7 Å². The van der Waals surface area contributed by atoms with Crippen molar-refractivity contribution in [3.63, 3.8) is 0 Å². The summed E-state index contributed by atoms with van der Waals surface area (Å²) in [5.41, 5.74) is 0.149. The quantitative estimate of drug-likeness (QED) is 0.674. The lowest BCUT2D eigenvalue weighted by Gasteiger charge is -2.21. The van der Waals surface area contributed by atoms with Crippen molar-refractivity contribution < 1.29 is 36.7 Å². The van der Waals surface area contributed by atoms with Gasteiger partial charge in [-0.1, -0.05) is 30.3 Å². The number of alkyl halides is 2. The minimum absolute atomic E-state index is 0.0840. The first-order valence-corrected chi connectivity index (χ1v) is 12.0. The first-order valence-electron chi connectivity index (χ1n) is 10.0. The van der Waals surface area contributed by atoms with Gasteiger partial charge in [0.25, 0.3) is 11.8 Å². The number of carboxylic acid groups (broad SMARTS) is 1. The van der Waals surface area contributed by atoms with Gasteiger partial charge in [0.15, 0.2) is 9.84 Å². The van der Waals surface area contributed by atoms with Crippen LogP contribution >= 0.6 is 0 Å². The summed E-state index contributed by atoms with van der Waals surface area (Å²) in [6.45, 7) is -0.902. The Morgan fingerprint density at radius 2 is 1.79 bits per heavy atom. The van der Waals surface area contributed by atoms with E-state index in [0.29, 0.717) is 11.1 Å².